The first-order valence-corrected chi connectivity index (χ1v) is 25.6. The van der Waals surface area contributed by atoms with Crippen LogP contribution in [0.25, 0.3) is 72.7 Å². The molecule has 6 aromatic carbocycles. The molecule has 0 amide bonds. The van der Waals surface area contributed by atoms with Gasteiger partial charge < -0.3 is 5.11 Å². The molecule has 0 atom stereocenters. The fourth-order valence-corrected chi connectivity index (χ4v) is 9.85. The summed E-state index contributed by atoms with van der Waals surface area (Å²) in [6, 6.07) is 24.6. The van der Waals surface area contributed by atoms with E-state index in [4.69, 9.17) is 17.3 Å². The molecule has 0 saturated carbocycles. The van der Waals surface area contributed by atoms with E-state index in [2.05, 4.69) is 91.6 Å². The predicted molar refractivity (Wildman–Crippen MR) is 308 cm³/mol. The largest absolute Gasteiger partial charge is 0.507 e. The number of phenolic OH excluding ortho intramolecular Hbond substituents is 1. The number of aromatic nitrogens is 3. The van der Waals surface area contributed by atoms with E-state index in [9.17, 15) is 10.6 Å². The van der Waals surface area contributed by atoms with Gasteiger partial charge >= 0.3 is 0 Å². The second-order valence-electron chi connectivity index (χ2n) is 23.3. The van der Waals surface area contributed by atoms with Crippen molar-refractivity contribution < 1.29 is 44.0 Å². The van der Waals surface area contributed by atoms with Crippen molar-refractivity contribution in [3.63, 3.8) is 0 Å². The quantitative estimate of drug-likeness (QED) is 0.124. The standard InChI is InChI=1S/C68H80N3O.Pt/c1-18-67(16,19-2)54-25-23-26-55(68(17,20-3)21-4)60(54)47-32-33-58(44(6)36-47)71-59-27-22-24-52(61(59)70-63(71)53-41-51(65(10,11)12)42-56(62(53)72)66(13,14)15)48-37-49(39-50(38-48)64(7,8)9)57-40-46(34-35-69-57)45-30-28-43(5)29-31-45;/h22-36,38-42,72H,18-21H2,1-17H3;/q-1;/i5D3,6D3,28D,29D,30D,31D,34D,35D,40D;. The maximum Gasteiger partial charge on any atom is 0.148 e. The van der Waals surface area contributed by atoms with Gasteiger partial charge in [-0.05, 0) is 141 Å². The van der Waals surface area contributed by atoms with Gasteiger partial charge in [-0.1, -0.05) is 193 Å². The van der Waals surface area contributed by atoms with Crippen molar-refractivity contribution in [2.24, 2.45) is 0 Å². The van der Waals surface area contributed by atoms with Gasteiger partial charge in [0.25, 0.3) is 0 Å². The number of imidazole rings is 1. The molecule has 2 aromatic heterocycles. The van der Waals surface area contributed by atoms with Crippen molar-refractivity contribution in [2.45, 2.75) is 170 Å². The van der Waals surface area contributed by atoms with Gasteiger partial charge in [-0.3, -0.25) is 9.55 Å². The molecule has 8 rings (SSSR count). The van der Waals surface area contributed by atoms with Crippen LogP contribution in [0.3, 0.4) is 0 Å². The van der Waals surface area contributed by atoms with Crippen molar-refractivity contribution >= 4 is 11.0 Å². The summed E-state index contributed by atoms with van der Waals surface area (Å²) in [4.78, 5) is 9.95. The van der Waals surface area contributed by atoms with E-state index in [0.717, 1.165) is 59.1 Å². The first-order valence-electron chi connectivity index (χ1n) is 32.1. The Morgan fingerprint density at radius 2 is 1.21 bits per heavy atom. The Kier molecular flexibility index (Phi) is 11.3. The van der Waals surface area contributed by atoms with Crippen LogP contribution < -0.4 is 0 Å². The molecule has 0 fully saturated rings. The summed E-state index contributed by atoms with van der Waals surface area (Å²) >= 11 is 0. The monoisotopic (exact) mass is 1160 g/mol. The molecule has 0 aliphatic carbocycles. The van der Waals surface area contributed by atoms with Gasteiger partial charge in [0.2, 0.25) is 0 Å². The van der Waals surface area contributed by atoms with Gasteiger partial charge in [0.05, 0.1) is 31.9 Å². The molecule has 5 heteroatoms. The van der Waals surface area contributed by atoms with Crippen LogP contribution >= 0.6 is 0 Å². The van der Waals surface area contributed by atoms with Crippen molar-refractivity contribution in [1.29, 1.82) is 0 Å². The zero-order valence-corrected chi connectivity index (χ0v) is 47.7. The second-order valence-corrected chi connectivity index (χ2v) is 23.3. The third-order valence-electron chi connectivity index (χ3n) is 15.5. The van der Waals surface area contributed by atoms with E-state index in [1.807, 2.05) is 101 Å². The summed E-state index contributed by atoms with van der Waals surface area (Å²) in [5.41, 5.74) is 5.52. The second kappa shape index (κ2) is 20.6. The number of hydrogen-bond donors (Lipinski definition) is 1. The van der Waals surface area contributed by atoms with E-state index in [-0.39, 0.29) is 60.3 Å². The number of pyridine rings is 1. The van der Waals surface area contributed by atoms with Crippen LogP contribution in [-0.2, 0) is 48.1 Å². The van der Waals surface area contributed by atoms with Crippen molar-refractivity contribution in [2.75, 3.05) is 0 Å². The molecule has 0 spiro atoms. The van der Waals surface area contributed by atoms with Gasteiger partial charge in [-0.15, -0.1) is 29.3 Å². The van der Waals surface area contributed by atoms with Crippen LogP contribution in [0.2, 0.25) is 0 Å². The van der Waals surface area contributed by atoms with E-state index in [1.165, 1.54) is 0 Å². The Morgan fingerprint density at radius 3 is 1.78 bits per heavy atom. The molecule has 384 valence electrons. The Balaban J connectivity index is 0.0000106. The number of fused-ring (bicyclic) bond motifs is 1. The number of aromatic hydroxyl groups is 1. The van der Waals surface area contributed by atoms with E-state index < -0.39 is 89.1 Å². The van der Waals surface area contributed by atoms with Gasteiger partial charge in [-0.2, -0.15) is 0 Å². The maximum absolute atomic E-state index is 12.8. The topological polar surface area (TPSA) is 50.9 Å². The number of benzene rings is 6. The summed E-state index contributed by atoms with van der Waals surface area (Å²) in [7, 11) is 0. The van der Waals surface area contributed by atoms with Crippen molar-refractivity contribution in [3.05, 3.63) is 166 Å². The number of nitrogens with zero attached hydrogens (tertiary/aromatic N) is 3. The molecule has 2 heterocycles. The fourth-order valence-electron chi connectivity index (χ4n) is 9.85. The minimum atomic E-state index is -3.00. The van der Waals surface area contributed by atoms with Gasteiger partial charge in [0.1, 0.15) is 11.6 Å². The molecule has 1 N–H and O–H groups in total. The number of aryl methyl sites for hydroxylation is 1. The minimum absolute atomic E-state index is 0. The SMILES string of the molecule is [2H]c1nc(-c2[c-]c(-c3cccc4c3nc(-c3cc(C(C)(C)C)cc(C(C)(C)C)c3O)n4-c3ccc(-c4c(C(C)(CC)CC)cccc4C(C)(CC)CC)cc3C([2H])([2H])[2H])cc(C(C)(C)C)c2)c([2H])c(-c2c([2H])c([2H])c(C([2H])([2H])[2H])c([2H])c2[2H])c1[2H].[Pt]. The van der Waals surface area contributed by atoms with Crippen molar-refractivity contribution in [1.82, 2.24) is 14.5 Å². The van der Waals surface area contributed by atoms with Crippen LogP contribution in [-0.4, -0.2) is 19.6 Å². The zero-order chi connectivity index (χ0) is 63.4. The average Bonchev–Trinajstić information content (AvgIpc) is 1.34. The van der Waals surface area contributed by atoms with E-state index >= 15 is 0 Å². The summed E-state index contributed by atoms with van der Waals surface area (Å²) in [6.07, 6.45) is 2.84. The molecule has 0 bridgehead atoms. The molecule has 4 nitrogen and oxygen atoms in total. The summed E-state index contributed by atoms with van der Waals surface area (Å²) in [5, 5.41) is 12.8. The molecule has 0 unspecified atom stereocenters. The molecule has 73 heavy (non-hydrogen) atoms. The predicted octanol–water partition coefficient (Wildman–Crippen LogP) is 18.9. The van der Waals surface area contributed by atoms with Gasteiger partial charge in [0, 0.05) is 46.7 Å². The number of hydrogen-bond acceptors (Lipinski definition) is 3. The summed E-state index contributed by atoms with van der Waals surface area (Å²) in [5.74, 6) is 0.277. The zero-order valence-electron chi connectivity index (χ0n) is 58.4. The Hall–Kier alpha value is -5.57. The third kappa shape index (κ3) is 10.6. The first-order chi connectivity index (χ1) is 39.2. The van der Waals surface area contributed by atoms with Crippen LogP contribution in [0.5, 0.6) is 5.75 Å². The first kappa shape index (κ1) is 39.8. The smallest absolute Gasteiger partial charge is 0.148 e. The molecular formula is C68H80N3OPt-. The summed E-state index contributed by atoms with van der Waals surface area (Å²) < 4.78 is 117. The molecular weight excluding hydrogens is 1070 g/mol. The van der Waals surface area contributed by atoms with E-state index in [1.54, 1.807) is 6.07 Å². The molecule has 0 aliphatic rings. The van der Waals surface area contributed by atoms with Crippen LogP contribution in [0.15, 0.2) is 121 Å². The van der Waals surface area contributed by atoms with Gasteiger partial charge in [-0.25, -0.2) is 4.98 Å². The molecule has 0 aliphatic heterocycles. The van der Waals surface area contributed by atoms with Crippen molar-refractivity contribution in [3.8, 4) is 67.5 Å². The van der Waals surface area contributed by atoms with Crippen LogP contribution in [0.4, 0.5) is 0 Å². The number of para-hydroxylation sites is 1. The molecule has 0 radical (unpaired) electrons. The number of phenols is 1. The maximum atomic E-state index is 12.8. The Bertz CT molecular complexity index is 3880. The fraction of sp³-hybridized carbons (Fsp3) is 0.382. The van der Waals surface area contributed by atoms with Gasteiger partial charge in [0.15, 0.2) is 0 Å². The summed E-state index contributed by atoms with van der Waals surface area (Å²) in [6.45, 7) is 26.1. The van der Waals surface area contributed by atoms with E-state index in [0.29, 0.717) is 39.0 Å². The molecule has 0 saturated heterocycles. The Morgan fingerprint density at radius 1 is 0.603 bits per heavy atom. The minimum Gasteiger partial charge on any atom is -0.507 e. The average molecular weight is 1160 g/mol. The normalized spacial score (nSPS) is 15.5. The molecule has 8 aromatic rings. The van der Waals surface area contributed by atoms with Crippen LogP contribution in [0, 0.1) is 19.8 Å². The third-order valence-corrected chi connectivity index (χ3v) is 15.5. The van der Waals surface area contributed by atoms with Crippen LogP contribution in [0.1, 0.15) is 186 Å². The Labute approximate surface area is 471 Å². The number of rotatable bonds is 12.